The molecule has 0 atom stereocenters. The molecule has 0 N–H and O–H groups in total. The largest absolute Gasteiger partial charge is 0.431 e. The van der Waals surface area contributed by atoms with Gasteiger partial charge in [-0.25, -0.2) is 4.98 Å². The Morgan fingerprint density at radius 2 is 2.38 bits per heavy atom. The van der Waals surface area contributed by atoms with E-state index in [1.807, 2.05) is 6.26 Å². The van der Waals surface area contributed by atoms with Gasteiger partial charge in [-0.2, -0.15) is 5.26 Å². The van der Waals surface area contributed by atoms with Crippen LogP contribution in [0, 0.1) is 11.3 Å². The first-order chi connectivity index (χ1) is 6.33. The maximum atomic E-state index is 8.64. The van der Waals surface area contributed by atoms with Crippen LogP contribution in [0.25, 0.3) is 11.1 Å². The first-order valence-corrected chi connectivity index (χ1v) is 4.90. The molecule has 13 heavy (non-hydrogen) atoms. The molecule has 0 aliphatic carbocycles. The Bertz CT molecular complexity index is 484. The number of benzene rings is 1. The normalized spacial score (nSPS) is 10.2. The molecule has 2 rings (SSSR count). The topological polar surface area (TPSA) is 49.8 Å². The van der Waals surface area contributed by atoms with Gasteiger partial charge in [0.15, 0.2) is 5.58 Å². The zero-order chi connectivity index (χ0) is 9.26. The van der Waals surface area contributed by atoms with Crippen LogP contribution in [0.15, 0.2) is 27.8 Å². The number of rotatable bonds is 1. The van der Waals surface area contributed by atoms with Crippen LogP contribution in [0.2, 0.25) is 0 Å². The van der Waals surface area contributed by atoms with Crippen LogP contribution in [-0.2, 0) is 0 Å². The minimum absolute atomic E-state index is 0.594. The van der Waals surface area contributed by atoms with E-state index in [9.17, 15) is 0 Å². The van der Waals surface area contributed by atoms with Crippen molar-refractivity contribution in [3.05, 3.63) is 23.8 Å². The SMILES string of the molecule is CSc1nc2ccc(C#N)cc2o1. The highest BCUT2D eigenvalue weighted by Gasteiger charge is 2.04. The summed E-state index contributed by atoms with van der Waals surface area (Å²) in [6.07, 6.45) is 1.90. The van der Waals surface area contributed by atoms with Crippen molar-refractivity contribution < 1.29 is 4.42 Å². The van der Waals surface area contributed by atoms with Crippen LogP contribution in [0.1, 0.15) is 5.56 Å². The second-order valence-corrected chi connectivity index (χ2v) is 3.24. The van der Waals surface area contributed by atoms with Crippen molar-refractivity contribution in [3.63, 3.8) is 0 Å². The van der Waals surface area contributed by atoms with Gasteiger partial charge in [-0.15, -0.1) is 0 Å². The molecule has 3 nitrogen and oxygen atoms in total. The molecule has 0 unspecified atom stereocenters. The third-order valence-corrected chi connectivity index (χ3v) is 2.20. The summed E-state index contributed by atoms with van der Waals surface area (Å²) in [7, 11) is 0. The Balaban J connectivity index is 2.65. The number of nitrogens with zero attached hydrogens (tertiary/aromatic N) is 2. The van der Waals surface area contributed by atoms with Gasteiger partial charge in [0.05, 0.1) is 11.6 Å². The summed E-state index contributed by atoms with van der Waals surface area (Å²) in [5, 5.41) is 9.27. The molecule has 0 aliphatic heterocycles. The molecule has 0 amide bonds. The van der Waals surface area contributed by atoms with E-state index in [1.165, 1.54) is 11.8 Å². The zero-order valence-electron chi connectivity index (χ0n) is 6.94. The molecule has 0 fully saturated rings. The van der Waals surface area contributed by atoms with Crippen LogP contribution in [0.3, 0.4) is 0 Å². The maximum Gasteiger partial charge on any atom is 0.256 e. The number of nitriles is 1. The lowest BCUT2D eigenvalue weighted by Crippen LogP contribution is -1.72. The fourth-order valence-corrected chi connectivity index (χ4v) is 1.42. The summed E-state index contributed by atoms with van der Waals surface area (Å²) >= 11 is 1.45. The predicted octanol–water partition coefficient (Wildman–Crippen LogP) is 2.42. The molecule has 2 aromatic rings. The smallest absolute Gasteiger partial charge is 0.256 e. The van der Waals surface area contributed by atoms with E-state index in [-0.39, 0.29) is 0 Å². The van der Waals surface area contributed by atoms with E-state index in [4.69, 9.17) is 9.68 Å². The molecule has 0 saturated carbocycles. The fourth-order valence-electron chi connectivity index (χ4n) is 1.06. The third-order valence-electron chi connectivity index (χ3n) is 1.67. The van der Waals surface area contributed by atoms with Gasteiger partial charge in [-0.1, -0.05) is 11.8 Å². The Labute approximate surface area is 79.4 Å². The lowest BCUT2D eigenvalue weighted by molar-refractivity contribution is 0.490. The van der Waals surface area contributed by atoms with Crippen molar-refractivity contribution >= 4 is 22.9 Å². The van der Waals surface area contributed by atoms with Crippen molar-refractivity contribution in [2.75, 3.05) is 6.26 Å². The average molecular weight is 190 g/mol. The van der Waals surface area contributed by atoms with Crippen molar-refractivity contribution in [3.8, 4) is 6.07 Å². The van der Waals surface area contributed by atoms with E-state index in [2.05, 4.69) is 11.1 Å². The molecule has 64 valence electrons. The molecule has 0 saturated heterocycles. The number of oxazole rings is 1. The van der Waals surface area contributed by atoms with Crippen molar-refractivity contribution in [2.45, 2.75) is 5.22 Å². The highest BCUT2D eigenvalue weighted by atomic mass is 32.2. The van der Waals surface area contributed by atoms with Gasteiger partial charge in [-0.05, 0) is 18.4 Å². The maximum absolute atomic E-state index is 8.64. The van der Waals surface area contributed by atoms with E-state index < -0.39 is 0 Å². The highest BCUT2D eigenvalue weighted by Crippen LogP contribution is 2.22. The van der Waals surface area contributed by atoms with E-state index >= 15 is 0 Å². The number of fused-ring (bicyclic) bond motifs is 1. The molecule has 1 aromatic carbocycles. The van der Waals surface area contributed by atoms with Crippen LogP contribution in [-0.4, -0.2) is 11.2 Å². The number of hydrogen-bond acceptors (Lipinski definition) is 4. The summed E-state index contributed by atoms with van der Waals surface area (Å²) in [5.74, 6) is 0. The summed E-state index contributed by atoms with van der Waals surface area (Å²) in [6.45, 7) is 0. The number of aromatic nitrogens is 1. The predicted molar refractivity (Wildman–Crippen MR) is 50.5 cm³/mol. The second-order valence-electron chi connectivity index (χ2n) is 2.48. The summed E-state index contributed by atoms with van der Waals surface area (Å²) in [4.78, 5) is 4.19. The lowest BCUT2D eigenvalue weighted by atomic mass is 10.2. The van der Waals surface area contributed by atoms with Gasteiger partial charge in [0.1, 0.15) is 5.52 Å². The molecular formula is C9H6N2OS. The summed E-state index contributed by atoms with van der Waals surface area (Å²) in [5.41, 5.74) is 2.06. The molecule has 0 bridgehead atoms. The van der Waals surface area contributed by atoms with Gasteiger partial charge in [-0.3, -0.25) is 0 Å². The van der Waals surface area contributed by atoms with Gasteiger partial charge in [0.2, 0.25) is 0 Å². The molecule has 4 heteroatoms. The monoisotopic (exact) mass is 190 g/mol. The van der Waals surface area contributed by atoms with Gasteiger partial charge >= 0.3 is 0 Å². The fraction of sp³-hybridized carbons (Fsp3) is 0.111. The van der Waals surface area contributed by atoms with E-state index in [0.29, 0.717) is 16.4 Å². The van der Waals surface area contributed by atoms with Gasteiger partial charge in [0.25, 0.3) is 5.22 Å². The molecule has 0 spiro atoms. The lowest BCUT2D eigenvalue weighted by Gasteiger charge is -1.85. The Morgan fingerprint density at radius 3 is 3.08 bits per heavy atom. The second kappa shape index (κ2) is 3.11. The standard InChI is InChI=1S/C9H6N2OS/c1-13-9-11-7-3-2-6(5-10)4-8(7)12-9/h2-4H,1H3. The Morgan fingerprint density at radius 1 is 1.54 bits per heavy atom. The third kappa shape index (κ3) is 1.38. The first-order valence-electron chi connectivity index (χ1n) is 3.68. The molecule has 1 aromatic heterocycles. The van der Waals surface area contributed by atoms with Gasteiger partial charge < -0.3 is 4.42 Å². The van der Waals surface area contributed by atoms with E-state index in [1.54, 1.807) is 18.2 Å². The first kappa shape index (κ1) is 8.14. The van der Waals surface area contributed by atoms with Crippen LogP contribution < -0.4 is 0 Å². The van der Waals surface area contributed by atoms with Crippen LogP contribution >= 0.6 is 11.8 Å². The summed E-state index contributed by atoms with van der Waals surface area (Å²) in [6, 6.07) is 7.27. The number of thioether (sulfide) groups is 1. The quantitative estimate of drug-likeness (QED) is 0.648. The van der Waals surface area contributed by atoms with E-state index in [0.717, 1.165) is 5.52 Å². The van der Waals surface area contributed by atoms with Crippen molar-refractivity contribution in [1.82, 2.24) is 4.98 Å². The Hall–Kier alpha value is -1.47. The minimum Gasteiger partial charge on any atom is -0.431 e. The van der Waals surface area contributed by atoms with Crippen LogP contribution in [0.5, 0.6) is 0 Å². The number of hydrogen-bond donors (Lipinski definition) is 0. The Kier molecular flexibility index (Phi) is 1.95. The highest BCUT2D eigenvalue weighted by molar-refractivity contribution is 7.98. The zero-order valence-corrected chi connectivity index (χ0v) is 7.76. The van der Waals surface area contributed by atoms with Crippen LogP contribution in [0.4, 0.5) is 0 Å². The van der Waals surface area contributed by atoms with Crippen molar-refractivity contribution in [1.29, 1.82) is 5.26 Å². The molecule has 0 aliphatic rings. The molecule has 1 heterocycles. The average Bonchev–Trinajstić information content (AvgIpc) is 2.58. The molecule has 0 radical (unpaired) electrons. The molecular weight excluding hydrogens is 184 g/mol. The van der Waals surface area contributed by atoms with Gasteiger partial charge in [0, 0.05) is 6.07 Å². The van der Waals surface area contributed by atoms with Crippen molar-refractivity contribution in [2.24, 2.45) is 0 Å². The summed E-state index contributed by atoms with van der Waals surface area (Å²) < 4.78 is 5.36. The minimum atomic E-state index is 0.594.